The van der Waals surface area contributed by atoms with Crippen LogP contribution in [0.15, 0.2) is 30.6 Å². The van der Waals surface area contributed by atoms with Gasteiger partial charge in [0, 0.05) is 0 Å². The quantitative estimate of drug-likeness (QED) is 0.710. The summed E-state index contributed by atoms with van der Waals surface area (Å²) >= 11 is 0. The number of benzene rings is 1. The average molecular weight is 232 g/mol. The smallest absolute Gasteiger partial charge is 0.224 e. The molecule has 0 unspecified atom stereocenters. The van der Waals surface area contributed by atoms with E-state index in [0.29, 0.717) is 12.4 Å². The van der Waals surface area contributed by atoms with Gasteiger partial charge in [0.2, 0.25) is 5.91 Å². The van der Waals surface area contributed by atoms with E-state index in [9.17, 15) is 9.90 Å². The molecule has 3 N–H and O–H groups in total. The van der Waals surface area contributed by atoms with E-state index in [1.165, 1.54) is 6.33 Å². The minimum absolute atomic E-state index is 0.132. The summed E-state index contributed by atoms with van der Waals surface area (Å²) in [4.78, 5) is 15.5. The Morgan fingerprint density at radius 1 is 1.47 bits per heavy atom. The number of hydrogen-bond donors (Lipinski definition) is 3. The highest BCUT2D eigenvalue weighted by atomic mass is 16.3. The summed E-state index contributed by atoms with van der Waals surface area (Å²) in [5.41, 5.74) is 0.764. The molecule has 0 saturated heterocycles. The van der Waals surface area contributed by atoms with Crippen molar-refractivity contribution in [1.82, 2.24) is 20.5 Å². The topological polar surface area (TPSA) is 90.9 Å². The number of carbonyl (C=O) groups is 1. The van der Waals surface area contributed by atoms with E-state index >= 15 is 0 Å². The molecule has 17 heavy (non-hydrogen) atoms. The number of rotatable bonds is 4. The number of amides is 1. The van der Waals surface area contributed by atoms with Gasteiger partial charge < -0.3 is 10.4 Å². The van der Waals surface area contributed by atoms with Crippen molar-refractivity contribution in [3.8, 4) is 5.75 Å². The molecule has 1 aromatic heterocycles. The second-order valence-corrected chi connectivity index (χ2v) is 3.56. The summed E-state index contributed by atoms with van der Waals surface area (Å²) in [6, 6.07) is 6.62. The van der Waals surface area contributed by atoms with Crippen LogP contribution in [-0.4, -0.2) is 26.2 Å². The first kappa shape index (κ1) is 11.1. The Balaban J connectivity index is 1.85. The molecule has 2 aromatic rings. The van der Waals surface area contributed by atoms with Crippen LogP contribution < -0.4 is 5.32 Å². The van der Waals surface area contributed by atoms with Crippen LogP contribution in [0, 0.1) is 0 Å². The van der Waals surface area contributed by atoms with Crippen LogP contribution in [-0.2, 0) is 17.8 Å². The Morgan fingerprint density at radius 2 is 2.35 bits per heavy atom. The van der Waals surface area contributed by atoms with Crippen molar-refractivity contribution >= 4 is 5.91 Å². The van der Waals surface area contributed by atoms with Crippen LogP contribution in [0.1, 0.15) is 11.4 Å². The molecule has 1 aromatic carbocycles. The largest absolute Gasteiger partial charge is 0.508 e. The molecule has 0 fully saturated rings. The van der Waals surface area contributed by atoms with Gasteiger partial charge in [0.05, 0.1) is 13.0 Å². The van der Waals surface area contributed by atoms with Crippen LogP contribution in [0.4, 0.5) is 0 Å². The molecule has 88 valence electrons. The van der Waals surface area contributed by atoms with Crippen molar-refractivity contribution in [2.24, 2.45) is 0 Å². The number of aromatic hydroxyl groups is 1. The predicted octanol–water partition coefficient (Wildman–Crippen LogP) is 0.369. The highest BCUT2D eigenvalue weighted by Gasteiger charge is 2.04. The summed E-state index contributed by atoms with van der Waals surface area (Å²) in [5, 5.41) is 18.3. The second kappa shape index (κ2) is 5.11. The Hall–Kier alpha value is -2.37. The number of nitrogens with one attached hydrogen (secondary N) is 2. The molecule has 1 amide bonds. The van der Waals surface area contributed by atoms with Crippen LogP contribution in [0.3, 0.4) is 0 Å². The number of nitrogens with zero attached hydrogens (tertiary/aromatic N) is 2. The van der Waals surface area contributed by atoms with Crippen molar-refractivity contribution < 1.29 is 9.90 Å². The summed E-state index contributed by atoms with van der Waals surface area (Å²) in [5.74, 6) is 0.631. The van der Waals surface area contributed by atoms with E-state index in [1.807, 2.05) is 0 Å². The van der Waals surface area contributed by atoms with Crippen LogP contribution in [0.25, 0.3) is 0 Å². The molecule has 0 saturated carbocycles. The number of carbonyl (C=O) groups excluding carboxylic acids is 1. The number of aromatic nitrogens is 3. The zero-order valence-electron chi connectivity index (χ0n) is 9.05. The first-order valence-corrected chi connectivity index (χ1v) is 5.13. The van der Waals surface area contributed by atoms with Gasteiger partial charge in [-0.25, -0.2) is 4.98 Å². The monoisotopic (exact) mass is 232 g/mol. The molecule has 6 nitrogen and oxygen atoms in total. The first-order valence-electron chi connectivity index (χ1n) is 5.13. The van der Waals surface area contributed by atoms with Gasteiger partial charge in [-0.05, 0) is 17.7 Å². The predicted molar refractivity (Wildman–Crippen MR) is 60.0 cm³/mol. The lowest BCUT2D eigenvalue weighted by Crippen LogP contribution is -2.25. The van der Waals surface area contributed by atoms with E-state index in [2.05, 4.69) is 20.5 Å². The Bertz CT molecular complexity index is 496. The van der Waals surface area contributed by atoms with Gasteiger partial charge in [-0.2, -0.15) is 5.10 Å². The van der Waals surface area contributed by atoms with Gasteiger partial charge in [-0.1, -0.05) is 12.1 Å². The number of hydrogen-bond acceptors (Lipinski definition) is 4. The number of phenols is 1. The molecule has 2 rings (SSSR count). The molecule has 0 bridgehead atoms. The van der Waals surface area contributed by atoms with E-state index in [4.69, 9.17) is 0 Å². The first-order chi connectivity index (χ1) is 8.24. The highest BCUT2D eigenvalue weighted by Crippen LogP contribution is 2.11. The maximum absolute atomic E-state index is 11.6. The Morgan fingerprint density at radius 3 is 3.06 bits per heavy atom. The van der Waals surface area contributed by atoms with Crippen LogP contribution >= 0.6 is 0 Å². The minimum Gasteiger partial charge on any atom is -0.508 e. The Kier molecular flexibility index (Phi) is 3.34. The lowest BCUT2D eigenvalue weighted by Gasteiger charge is -2.03. The average Bonchev–Trinajstić information content (AvgIpc) is 2.79. The van der Waals surface area contributed by atoms with Crippen molar-refractivity contribution in [2.75, 3.05) is 0 Å². The van der Waals surface area contributed by atoms with Crippen molar-refractivity contribution in [1.29, 1.82) is 0 Å². The van der Waals surface area contributed by atoms with Gasteiger partial charge in [0.15, 0.2) is 0 Å². The molecule has 0 aliphatic rings. The zero-order chi connectivity index (χ0) is 12.1. The summed E-state index contributed by atoms with van der Waals surface area (Å²) < 4.78 is 0. The van der Waals surface area contributed by atoms with Crippen molar-refractivity contribution in [3.63, 3.8) is 0 Å². The molecule has 0 radical (unpaired) electrons. The molecule has 0 atom stereocenters. The molecule has 6 heteroatoms. The maximum Gasteiger partial charge on any atom is 0.224 e. The van der Waals surface area contributed by atoms with Gasteiger partial charge >= 0.3 is 0 Å². The molecule has 0 aliphatic heterocycles. The number of aromatic amines is 1. The second-order valence-electron chi connectivity index (χ2n) is 3.56. The van der Waals surface area contributed by atoms with E-state index in [0.717, 1.165) is 5.56 Å². The van der Waals surface area contributed by atoms with Crippen molar-refractivity contribution in [2.45, 2.75) is 13.0 Å². The molecule has 0 spiro atoms. The highest BCUT2D eigenvalue weighted by molar-refractivity contribution is 5.78. The van der Waals surface area contributed by atoms with E-state index in [1.54, 1.807) is 24.3 Å². The normalized spacial score (nSPS) is 10.1. The SMILES string of the molecule is O=C(Cc1cccc(O)c1)NCc1ncn[nH]1. The van der Waals surface area contributed by atoms with Gasteiger partial charge in [0.25, 0.3) is 0 Å². The standard InChI is InChI=1S/C11H12N4O2/c16-9-3-1-2-8(4-9)5-11(17)12-6-10-13-7-14-15-10/h1-4,7,16H,5-6H2,(H,12,17)(H,13,14,15). The van der Waals surface area contributed by atoms with Crippen LogP contribution in [0.5, 0.6) is 5.75 Å². The summed E-state index contributed by atoms with van der Waals surface area (Å²) in [6.07, 6.45) is 1.61. The Labute approximate surface area is 97.7 Å². The van der Waals surface area contributed by atoms with Crippen molar-refractivity contribution in [3.05, 3.63) is 42.0 Å². The third-order valence-electron chi connectivity index (χ3n) is 2.19. The van der Waals surface area contributed by atoms with Gasteiger partial charge in [-0.15, -0.1) is 0 Å². The third kappa shape index (κ3) is 3.30. The molecular formula is C11H12N4O2. The summed E-state index contributed by atoms with van der Waals surface area (Å²) in [6.45, 7) is 0.317. The van der Waals surface area contributed by atoms with Crippen LogP contribution in [0.2, 0.25) is 0 Å². The molecule has 0 aliphatic carbocycles. The maximum atomic E-state index is 11.6. The van der Waals surface area contributed by atoms with E-state index < -0.39 is 0 Å². The van der Waals surface area contributed by atoms with Gasteiger partial charge in [-0.3, -0.25) is 9.89 Å². The fraction of sp³-hybridized carbons (Fsp3) is 0.182. The lowest BCUT2D eigenvalue weighted by molar-refractivity contribution is -0.120. The van der Waals surface area contributed by atoms with Gasteiger partial charge in [0.1, 0.15) is 17.9 Å². The van der Waals surface area contributed by atoms with E-state index in [-0.39, 0.29) is 18.1 Å². The number of H-pyrrole nitrogens is 1. The third-order valence-corrected chi connectivity index (χ3v) is 2.19. The molecular weight excluding hydrogens is 220 g/mol. The molecule has 1 heterocycles. The fourth-order valence-corrected chi connectivity index (χ4v) is 1.41. The fourth-order valence-electron chi connectivity index (χ4n) is 1.41. The summed E-state index contributed by atoms with van der Waals surface area (Å²) in [7, 11) is 0. The zero-order valence-corrected chi connectivity index (χ0v) is 9.05. The number of phenolic OH excluding ortho intramolecular Hbond substituents is 1. The lowest BCUT2D eigenvalue weighted by atomic mass is 10.1. The minimum atomic E-state index is -0.132.